The molecule has 1 aromatic heterocycles. The number of carbonyl (C=O) groups is 1. The smallest absolute Gasteiger partial charge is 0.335 e. The normalized spacial score (nSPS) is 11.8. The highest BCUT2D eigenvalue weighted by Gasteiger charge is 2.10. The molecule has 0 fully saturated rings. The molecule has 0 saturated heterocycles. The third kappa shape index (κ3) is 5.52. The number of rotatable bonds is 10. The lowest BCUT2D eigenvalue weighted by Crippen LogP contribution is -2.09. The van der Waals surface area contributed by atoms with Crippen LogP contribution in [0.3, 0.4) is 0 Å². The Hall–Kier alpha value is -5.03. The SMILES string of the molecule is CCn1c2ccccc2c2cc(NCC(=Cc3ccc(C(=O)O)cc3)CCOc3cccc4ccccc34)ccc21. The Morgan fingerprint density at radius 3 is 2.37 bits per heavy atom. The number of aryl methyl sites for hydroxylation is 1. The minimum Gasteiger partial charge on any atom is -0.493 e. The number of fused-ring (bicyclic) bond motifs is 4. The summed E-state index contributed by atoms with van der Waals surface area (Å²) in [5.41, 5.74) is 5.93. The Morgan fingerprint density at radius 2 is 1.56 bits per heavy atom. The van der Waals surface area contributed by atoms with Crippen LogP contribution in [0.4, 0.5) is 5.69 Å². The average Bonchev–Trinajstić information content (AvgIpc) is 3.33. The lowest BCUT2D eigenvalue weighted by molar-refractivity contribution is 0.0697. The van der Waals surface area contributed by atoms with E-state index < -0.39 is 5.97 Å². The molecule has 6 rings (SSSR count). The van der Waals surface area contributed by atoms with Gasteiger partial charge in [0.2, 0.25) is 0 Å². The van der Waals surface area contributed by atoms with E-state index in [1.807, 2.05) is 36.4 Å². The number of hydrogen-bond donors (Lipinski definition) is 2. The van der Waals surface area contributed by atoms with Crippen LogP contribution in [0.15, 0.2) is 115 Å². The van der Waals surface area contributed by atoms with Gasteiger partial charge in [0.1, 0.15) is 5.75 Å². The molecule has 0 amide bonds. The molecule has 0 atom stereocenters. The van der Waals surface area contributed by atoms with E-state index in [-0.39, 0.29) is 5.56 Å². The Morgan fingerprint density at radius 1 is 0.829 bits per heavy atom. The fourth-order valence-corrected chi connectivity index (χ4v) is 5.50. The van der Waals surface area contributed by atoms with Gasteiger partial charge in [0.05, 0.1) is 12.2 Å². The molecular weight excluding hydrogens is 508 g/mol. The first-order valence-corrected chi connectivity index (χ1v) is 14.0. The molecule has 5 nitrogen and oxygen atoms in total. The molecular formula is C36H32N2O3. The maximum atomic E-state index is 11.3. The predicted molar refractivity (Wildman–Crippen MR) is 169 cm³/mol. The van der Waals surface area contributed by atoms with Gasteiger partial charge in [-0.05, 0) is 65.9 Å². The molecule has 0 spiro atoms. The van der Waals surface area contributed by atoms with Crippen molar-refractivity contribution in [3.63, 3.8) is 0 Å². The van der Waals surface area contributed by atoms with Gasteiger partial charge >= 0.3 is 5.97 Å². The summed E-state index contributed by atoms with van der Waals surface area (Å²) in [7, 11) is 0. The fourth-order valence-electron chi connectivity index (χ4n) is 5.50. The Labute approximate surface area is 239 Å². The van der Waals surface area contributed by atoms with Gasteiger partial charge in [-0.2, -0.15) is 0 Å². The summed E-state index contributed by atoms with van der Waals surface area (Å²) < 4.78 is 8.61. The number of hydrogen-bond acceptors (Lipinski definition) is 3. The summed E-state index contributed by atoms with van der Waals surface area (Å²) in [5.74, 6) is -0.0512. The van der Waals surface area contributed by atoms with Crippen molar-refractivity contribution in [2.45, 2.75) is 19.9 Å². The van der Waals surface area contributed by atoms with Crippen molar-refractivity contribution in [3.8, 4) is 5.75 Å². The summed E-state index contributed by atoms with van der Waals surface area (Å²) in [6.45, 7) is 4.26. The third-order valence-corrected chi connectivity index (χ3v) is 7.57. The van der Waals surface area contributed by atoms with Crippen molar-refractivity contribution in [1.82, 2.24) is 4.57 Å². The van der Waals surface area contributed by atoms with Gasteiger partial charge in [-0.3, -0.25) is 0 Å². The van der Waals surface area contributed by atoms with Gasteiger partial charge in [-0.15, -0.1) is 0 Å². The maximum Gasteiger partial charge on any atom is 0.335 e. The molecule has 0 aliphatic carbocycles. The summed E-state index contributed by atoms with van der Waals surface area (Å²) in [4.78, 5) is 11.3. The molecule has 0 unspecified atom stereocenters. The lowest BCUT2D eigenvalue weighted by atomic mass is 10.1. The van der Waals surface area contributed by atoms with E-state index in [0.29, 0.717) is 19.6 Å². The minimum atomic E-state index is -0.925. The zero-order chi connectivity index (χ0) is 28.2. The van der Waals surface area contributed by atoms with Crippen LogP contribution < -0.4 is 10.1 Å². The molecule has 0 aliphatic heterocycles. The number of nitrogens with one attached hydrogen (secondary N) is 1. The standard InChI is InChI=1S/C36H32N2O3/c1-2-38-33-12-6-5-11-31(33)32-23-29(18-19-34(32)38)37-24-26(22-25-14-16-28(17-15-25)36(39)40)20-21-41-35-13-7-9-27-8-3-4-10-30(27)35/h3-19,22-23,37H,2,20-21,24H2,1H3,(H,39,40). The molecule has 204 valence electrons. The highest BCUT2D eigenvalue weighted by molar-refractivity contribution is 6.09. The molecule has 41 heavy (non-hydrogen) atoms. The molecule has 5 heteroatoms. The van der Waals surface area contributed by atoms with Crippen molar-refractivity contribution in [2.24, 2.45) is 0 Å². The van der Waals surface area contributed by atoms with Crippen LogP contribution in [0.25, 0.3) is 38.7 Å². The van der Waals surface area contributed by atoms with Gasteiger partial charge in [-0.25, -0.2) is 4.79 Å². The number of aromatic nitrogens is 1. The van der Waals surface area contributed by atoms with Gasteiger partial charge in [0, 0.05) is 52.4 Å². The second kappa shape index (κ2) is 11.6. The first-order chi connectivity index (χ1) is 20.1. The van der Waals surface area contributed by atoms with Crippen LogP contribution in [0.2, 0.25) is 0 Å². The highest BCUT2D eigenvalue weighted by Crippen LogP contribution is 2.31. The number of ether oxygens (including phenoxy) is 1. The maximum absolute atomic E-state index is 11.3. The molecule has 5 aromatic carbocycles. The number of carboxylic acids is 1. The zero-order valence-corrected chi connectivity index (χ0v) is 23.0. The largest absolute Gasteiger partial charge is 0.493 e. The molecule has 0 aliphatic rings. The predicted octanol–water partition coefficient (Wildman–Crippen LogP) is 8.63. The van der Waals surface area contributed by atoms with E-state index in [1.54, 1.807) is 12.1 Å². The van der Waals surface area contributed by atoms with E-state index in [4.69, 9.17) is 4.74 Å². The average molecular weight is 541 g/mol. The van der Waals surface area contributed by atoms with Crippen LogP contribution in [-0.4, -0.2) is 28.8 Å². The van der Waals surface area contributed by atoms with Crippen LogP contribution in [-0.2, 0) is 6.54 Å². The quantitative estimate of drug-likeness (QED) is 0.183. The van der Waals surface area contributed by atoms with Crippen molar-refractivity contribution in [3.05, 3.63) is 126 Å². The molecule has 6 aromatic rings. The van der Waals surface area contributed by atoms with Crippen molar-refractivity contribution in [1.29, 1.82) is 0 Å². The first kappa shape index (κ1) is 26.2. The van der Waals surface area contributed by atoms with Crippen LogP contribution >= 0.6 is 0 Å². The molecule has 1 heterocycles. The second-order valence-corrected chi connectivity index (χ2v) is 10.2. The number of carboxylic acid groups (broad SMARTS) is 1. The third-order valence-electron chi connectivity index (χ3n) is 7.57. The van der Waals surface area contributed by atoms with Crippen molar-refractivity contribution < 1.29 is 14.6 Å². The zero-order valence-electron chi connectivity index (χ0n) is 23.0. The second-order valence-electron chi connectivity index (χ2n) is 10.2. The van der Waals surface area contributed by atoms with E-state index >= 15 is 0 Å². The van der Waals surface area contributed by atoms with Gasteiger partial charge < -0.3 is 19.7 Å². The van der Waals surface area contributed by atoms with E-state index in [2.05, 4.69) is 83.5 Å². The van der Waals surface area contributed by atoms with E-state index in [1.165, 1.54) is 21.8 Å². The monoisotopic (exact) mass is 540 g/mol. The van der Waals surface area contributed by atoms with Crippen molar-refractivity contribution in [2.75, 3.05) is 18.5 Å². The molecule has 0 bridgehead atoms. The number of nitrogens with zero attached hydrogens (tertiary/aromatic N) is 1. The lowest BCUT2D eigenvalue weighted by Gasteiger charge is -2.14. The van der Waals surface area contributed by atoms with Crippen LogP contribution in [0.5, 0.6) is 5.75 Å². The topological polar surface area (TPSA) is 63.5 Å². The summed E-state index contributed by atoms with van der Waals surface area (Å²) in [6.07, 6.45) is 2.83. The number of aromatic carboxylic acids is 1. The van der Waals surface area contributed by atoms with Crippen LogP contribution in [0, 0.1) is 0 Å². The molecule has 0 saturated carbocycles. The van der Waals surface area contributed by atoms with Gasteiger partial charge in [-0.1, -0.05) is 72.8 Å². The first-order valence-electron chi connectivity index (χ1n) is 14.0. The Bertz CT molecular complexity index is 1880. The van der Waals surface area contributed by atoms with E-state index in [9.17, 15) is 9.90 Å². The highest BCUT2D eigenvalue weighted by atomic mass is 16.5. The van der Waals surface area contributed by atoms with Gasteiger partial charge in [0.15, 0.2) is 0 Å². The molecule has 2 N–H and O–H groups in total. The van der Waals surface area contributed by atoms with Gasteiger partial charge in [0.25, 0.3) is 0 Å². The number of para-hydroxylation sites is 1. The summed E-state index contributed by atoms with van der Waals surface area (Å²) >= 11 is 0. The minimum absolute atomic E-state index is 0.278. The number of benzene rings is 5. The molecule has 0 radical (unpaired) electrons. The summed E-state index contributed by atoms with van der Waals surface area (Å²) in [6, 6.07) is 36.4. The summed E-state index contributed by atoms with van der Waals surface area (Å²) in [5, 5.41) is 17.7. The van der Waals surface area contributed by atoms with Crippen LogP contribution in [0.1, 0.15) is 29.3 Å². The van der Waals surface area contributed by atoms with Crippen molar-refractivity contribution >= 4 is 50.3 Å². The van der Waals surface area contributed by atoms with E-state index in [0.717, 1.165) is 39.9 Å². The fraction of sp³-hybridized carbons (Fsp3) is 0.139. The Balaban J connectivity index is 1.24. The number of anilines is 1. The Kier molecular flexibility index (Phi) is 7.42.